The van der Waals surface area contributed by atoms with Crippen LogP contribution >= 0.6 is 11.6 Å². The molecule has 1 unspecified atom stereocenters. The van der Waals surface area contributed by atoms with Gasteiger partial charge in [0.2, 0.25) is 0 Å². The minimum absolute atomic E-state index is 0.360. The van der Waals surface area contributed by atoms with Gasteiger partial charge >= 0.3 is 0 Å². The summed E-state index contributed by atoms with van der Waals surface area (Å²) < 4.78 is 11.1. The van der Waals surface area contributed by atoms with E-state index in [2.05, 4.69) is 0 Å². The van der Waals surface area contributed by atoms with Gasteiger partial charge in [-0.1, -0.05) is 6.42 Å². The maximum Gasteiger partial charge on any atom is 0.0576 e. The zero-order valence-electron chi connectivity index (χ0n) is 10.0. The van der Waals surface area contributed by atoms with E-state index >= 15 is 0 Å². The molecular formula is C13H23ClO2. The van der Waals surface area contributed by atoms with Gasteiger partial charge in [0.05, 0.1) is 6.10 Å². The lowest BCUT2D eigenvalue weighted by atomic mass is 9.77. The number of ether oxygens (including phenoxy) is 2. The number of halogens is 1. The van der Waals surface area contributed by atoms with Crippen molar-refractivity contribution >= 4 is 11.6 Å². The molecule has 0 aromatic rings. The molecule has 2 saturated heterocycles. The van der Waals surface area contributed by atoms with E-state index in [1.54, 1.807) is 0 Å². The maximum atomic E-state index is 6.15. The van der Waals surface area contributed by atoms with E-state index in [4.69, 9.17) is 21.1 Å². The molecular weight excluding hydrogens is 224 g/mol. The van der Waals surface area contributed by atoms with Crippen molar-refractivity contribution in [2.24, 2.45) is 5.41 Å². The standard InChI is InChI=1S/C13H23ClO2/c14-11-13(6-9-15-10-7-13)5-1-3-12-4-2-8-16-12/h12H,1-11H2. The van der Waals surface area contributed by atoms with Gasteiger partial charge in [0, 0.05) is 25.7 Å². The monoisotopic (exact) mass is 246 g/mol. The van der Waals surface area contributed by atoms with Crippen molar-refractivity contribution in [2.75, 3.05) is 25.7 Å². The van der Waals surface area contributed by atoms with Gasteiger partial charge in [-0.15, -0.1) is 11.6 Å². The van der Waals surface area contributed by atoms with Crippen molar-refractivity contribution in [3.8, 4) is 0 Å². The van der Waals surface area contributed by atoms with Gasteiger partial charge in [-0.25, -0.2) is 0 Å². The Morgan fingerprint density at radius 2 is 2.00 bits per heavy atom. The van der Waals surface area contributed by atoms with Gasteiger partial charge in [-0.2, -0.15) is 0 Å². The van der Waals surface area contributed by atoms with Gasteiger partial charge in [-0.3, -0.25) is 0 Å². The predicted molar refractivity (Wildman–Crippen MR) is 66.0 cm³/mol. The van der Waals surface area contributed by atoms with Crippen molar-refractivity contribution in [1.29, 1.82) is 0 Å². The number of alkyl halides is 1. The molecule has 2 nitrogen and oxygen atoms in total. The molecule has 0 aromatic carbocycles. The molecule has 94 valence electrons. The topological polar surface area (TPSA) is 18.5 Å². The summed E-state index contributed by atoms with van der Waals surface area (Å²) in [6.07, 6.45) is 9.06. The third-order valence-electron chi connectivity index (χ3n) is 4.09. The van der Waals surface area contributed by atoms with Gasteiger partial charge in [0.25, 0.3) is 0 Å². The second-order valence-corrected chi connectivity index (χ2v) is 5.54. The molecule has 0 saturated carbocycles. The summed E-state index contributed by atoms with van der Waals surface area (Å²) in [6.45, 7) is 2.76. The largest absolute Gasteiger partial charge is 0.381 e. The summed E-state index contributed by atoms with van der Waals surface area (Å²) in [5.74, 6) is 0.794. The second-order valence-electron chi connectivity index (χ2n) is 5.27. The molecule has 2 fully saturated rings. The number of rotatable bonds is 5. The van der Waals surface area contributed by atoms with Crippen LogP contribution < -0.4 is 0 Å². The first kappa shape index (κ1) is 12.7. The van der Waals surface area contributed by atoms with E-state index in [-0.39, 0.29) is 0 Å². The molecule has 0 bridgehead atoms. The summed E-state index contributed by atoms with van der Waals surface area (Å²) in [6, 6.07) is 0. The third-order valence-corrected chi connectivity index (χ3v) is 4.66. The Balaban J connectivity index is 1.69. The number of hydrogen-bond donors (Lipinski definition) is 0. The van der Waals surface area contributed by atoms with Gasteiger partial charge < -0.3 is 9.47 Å². The highest BCUT2D eigenvalue weighted by atomic mass is 35.5. The smallest absolute Gasteiger partial charge is 0.0576 e. The lowest BCUT2D eigenvalue weighted by Crippen LogP contribution is -2.31. The molecule has 0 amide bonds. The quantitative estimate of drug-likeness (QED) is 0.693. The first-order valence-corrected chi connectivity index (χ1v) is 7.13. The Labute approximate surface area is 104 Å². The lowest BCUT2D eigenvalue weighted by Gasteiger charge is -2.35. The van der Waals surface area contributed by atoms with E-state index in [9.17, 15) is 0 Å². The highest BCUT2D eigenvalue weighted by Gasteiger charge is 2.31. The van der Waals surface area contributed by atoms with Crippen molar-refractivity contribution in [2.45, 2.75) is 51.0 Å². The van der Waals surface area contributed by atoms with Crippen LogP contribution in [0, 0.1) is 5.41 Å². The molecule has 3 heteroatoms. The van der Waals surface area contributed by atoms with Gasteiger partial charge in [-0.05, 0) is 43.9 Å². The number of hydrogen-bond acceptors (Lipinski definition) is 2. The fraction of sp³-hybridized carbons (Fsp3) is 1.00. The van der Waals surface area contributed by atoms with Crippen LogP contribution in [0.4, 0.5) is 0 Å². The molecule has 2 aliphatic heterocycles. The fourth-order valence-electron chi connectivity index (χ4n) is 2.83. The zero-order chi connectivity index (χ0) is 11.3. The molecule has 2 heterocycles. The van der Waals surface area contributed by atoms with E-state index in [0.29, 0.717) is 11.5 Å². The highest BCUT2D eigenvalue weighted by molar-refractivity contribution is 6.18. The van der Waals surface area contributed by atoms with Crippen LogP contribution in [0.3, 0.4) is 0 Å². The van der Waals surface area contributed by atoms with Crippen LogP contribution in [-0.4, -0.2) is 31.8 Å². The van der Waals surface area contributed by atoms with Crippen LogP contribution in [0.15, 0.2) is 0 Å². The van der Waals surface area contributed by atoms with Crippen LogP contribution in [0.5, 0.6) is 0 Å². The second kappa shape index (κ2) is 6.23. The zero-order valence-corrected chi connectivity index (χ0v) is 10.8. The van der Waals surface area contributed by atoms with Crippen LogP contribution in [0.1, 0.15) is 44.9 Å². The van der Waals surface area contributed by atoms with E-state index < -0.39 is 0 Å². The Hall–Kier alpha value is 0.210. The SMILES string of the molecule is ClCC1(CCCC2CCCO2)CCOCC1. The molecule has 0 spiro atoms. The highest BCUT2D eigenvalue weighted by Crippen LogP contribution is 2.37. The summed E-state index contributed by atoms with van der Waals surface area (Å²) in [5, 5.41) is 0. The minimum atomic E-state index is 0.360. The summed E-state index contributed by atoms with van der Waals surface area (Å²) in [4.78, 5) is 0. The van der Waals surface area contributed by atoms with Gasteiger partial charge in [0.1, 0.15) is 0 Å². The van der Waals surface area contributed by atoms with Gasteiger partial charge in [0.15, 0.2) is 0 Å². The average molecular weight is 247 g/mol. The average Bonchev–Trinajstić information content (AvgIpc) is 2.83. The molecule has 0 radical (unpaired) electrons. The van der Waals surface area contributed by atoms with Crippen LogP contribution in [-0.2, 0) is 9.47 Å². The van der Waals surface area contributed by atoms with E-state index in [1.807, 2.05) is 0 Å². The lowest BCUT2D eigenvalue weighted by molar-refractivity contribution is 0.0178. The minimum Gasteiger partial charge on any atom is -0.381 e. The molecule has 0 N–H and O–H groups in total. The molecule has 1 atom stereocenters. The van der Waals surface area contributed by atoms with E-state index in [1.165, 1.54) is 32.1 Å². The van der Waals surface area contributed by atoms with E-state index in [0.717, 1.165) is 38.5 Å². The van der Waals surface area contributed by atoms with Crippen molar-refractivity contribution in [1.82, 2.24) is 0 Å². The first-order valence-electron chi connectivity index (χ1n) is 6.60. The normalized spacial score (nSPS) is 29.4. The Morgan fingerprint density at radius 3 is 2.62 bits per heavy atom. The van der Waals surface area contributed by atoms with Crippen LogP contribution in [0.25, 0.3) is 0 Å². The molecule has 0 aromatic heterocycles. The predicted octanol–water partition coefficient (Wildman–Crippen LogP) is 3.37. The van der Waals surface area contributed by atoms with Crippen molar-refractivity contribution in [3.05, 3.63) is 0 Å². The van der Waals surface area contributed by atoms with Crippen LogP contribution in [0.2, 0.25) is 0 Å². The maximum absolute atomic E-state index is 6.15. The third kappa shape index (κ3) is 3.35. The summed E-state index contributed by atoms with van der Waals surface area (Å²) >= 11 is 6.15. The Kier molecular flexibility index (Phi) is 4.93. The Morgan fingerprint density at radius 1 is 1.19 bits per heavy atom. The summed E-state index contributed by atoms with van der Waals surface area (Å²) in [7, 11) is 0. The summed E-state index contributed by atoms with van der Waals surface area (Å²) in [5.41, 5.74) is 0.360. The molecule has 16 heavy (non-hydrogen) atoms. The molecule has 2 rings (SSSR count). The van der Waals surface area contributed by atoms with Crippen molar-refractivity contribution < 1.29 is 9.47 Å². The molecule has 0 aliphatic carbocycles. The van der Waals surface area contributed by atoms with Crippen molar-refractivity contribution in [3.63, 3.8) is 0 Å². The first-order chi connectivity index (χ1) is 7.85. The fourth-order valence-corrected chi connectivity index (χ4v) is 3.23. The molecule has 2 aliphatic rings. The Bertz CT molecular complexity index is 196.